The lowest BCUT2D eigenvalue weighted by Crippen LogP contribution is -2.35. The Morgan fingerprint density at radius 1 is 1.06 bits per heavy atom. The molecule has 2 aliphatic heterocycles. The normalized spacial score (nSPS) is 25.3. The Balaban J connectivity index is 0.00000128. The molecule has 96 valence electrons. The summed E-state index contributed by atoms with van der Waals surface area (Å²) in [7, 11) is 0. The molecule has 0 unspecified atom stereocenters. The Bertz CT molecular complexity index is 173. The van der Waals surface area contributed by atoms with Gasteiger partial charge in [-0.15, -0.1) is 12.4 Å². The van der Waals surface area contributed by atoms with Crippen molar-refractivity contribution < 1.29 is 0 Å². The first-order valence-corrected chi connectivity index (χ1v) is 6.77. The largest absolute Gasteiger partial charge is 0.317 e. The van der Waals surface area contributed by atoms with Gasteiger partial charge in [-0.1, -0.05) is 6.92 Å². The van der Waals surface area contributed by atoms with Crippen LogP contribution in [0.3, 0.4) is 0 Å². The average molecular weight is 247 g/mol. The van der Waals surface area contributed by atoms with E-state index >= 15 is 0 Å². The second-order valence-electron chi connectivity index (χ2n) is 5.51. The van der Waals surface area contributed by atoms with Crippen molar-refractivity contribution in [3.63, 3.8) is 0 Å². The van der Waals surface area contributed by atoms with Crippen LogP contribution in [0.2, 0.25) is 0 Å². The molecule has 2 rings (SSSR count). The molecule has 2 saturated heterocycles. The summed E-state index contributed by atoms with van der Waals surface area (Å²) in [5.41, 5.74) is 0. The summed E-state index contributed by atoms with van der Waals surface area (Å²) >= 11 is 0. The quantitative estimate of drug-likeness (QED) is 0.824. The van der Waals surface area contributed by atoms with E-state index < -0.39 is 0 Å². The second-order valence-corrected chi connectivity index (χ2v) is 5.51. The number of piperidine rings is 2. The minimum absolute atomic E-state index is 0. The molecular formula is C13H27ClN2. The van der Waals surface area contributed by atoms with Crippen molar-refractivity contribution in [3.05, 3.63) is 0 Å². The monoisotopic (exact) mass is 246 g/mol. The topological polar surface area (TPSA) is 15.3 Å². The maximum absolute atomic E-state index is 3.44. The van der Waals surface area contributed by atoms with Crippen LogP contribution in [-0.2, 0) is 0 Å². The molecule has 2 aliphatic rings. The van der Waals surface area contributed by atoms with Gasteiger partial charge in [-0.25, -0.2) is 0 Å². The fourth-order valence-corrected chi connectivity index (χ4v) is 2.82. The molecule has 1 N–H and O–H groups in total. The van der Waals surface area contributed by atoms with E-state index in [0.717, 1.165) is 11.8 Å². The zero-order chi connectivity index (χ0) is 10.5. The molecule has 0 aromatic heterocycles. The smallest absolute Gasteiger partial charge is 0.00161 e. The summed E-state index contributed by atoms with van der Waals surface area (Å²) in [6.07, 6.45) is 7.10. The number of halogens is 1. The molecule has 0 aromatic carbocycles. The molecule has 0 saturated carbocycles. The molecule has 0 atom stereocenters. The van der Waals surface area contributed by atoms with Crippen LogP contribution < -0.4 is 5.32 Å². The Hall–Kier alpha value is 0.210. The van der Waals surface area contributed by atoms with E-state index in [1.807, 2.05) is 0 Å². The lowest BCUT2D eigenvalue weighted by atomic mass is 9.93. The average Bonchev–Trinajstić information content (AvgIpc) is 2.30. The van der Waals surface area contributed by atoms with Crippen molar-refractivity contribution >= 4 is 12.4 Å². The zero-order valence-corrected chi connectivity index (χ0v) is 11.4. The maximum Gasteiger partial charge on any atom is -0.00161 e. The van der Waals surface area contributed by atoms with E-state index in [1.54, 1.807) is 0 Å². The minimum atomic E-state index is 0. The SMILES string of the molecule is CC1CCN(CCC2CCNCC2)CC1.Cl. The van der Waals surface area contributed by atoms with Gasteiger partial charge >= 0.3 is 0 Å². The van der Waals surface area contributed by atoms with Gasteiger partial charge in [-0.3, -0.25) is 0 Å². The molecule has 16 heavy (non-hydrogen) atoms. The van der Waals surface area contributed by atoms with Crippen molar-refractivity contribution in [2.24, 2.45) is 11.8 Å². The Labute approximate surface area is 107 Å². The summed E-state index contributed by atoms with van der Waals surface area (Å²) in [5, 5.41) is 3.44. The number of nitrogens with zero attached hydrogens (tertiary/aromatic N) is 1. The highest BCUT2D eigenvalue weighted by molar-refractivity contribution is 5.85. The third-order valence-electron chi connectivity index (χ3n) is 4.19. The number of hydrogen-bond donors (Lipinski definition) is 1. The Kier molecular flexibility index (Phi) is 6.71. The molecule has 2 fully saturated rings. The van der Waals surface area contributed by atoms with E-state index in [4.69, 9.17) is 0 Å². The highest BCUT2D eigenvalue weighted by Crippen LogP contribution is 2.20. The number of hydrogen-bond acceptors (Lipinski definition) is 2. The third-order valence-corrected chi connectivity index (χ3v) is 4.19. The summed E-state index contributed by atoms with van der Waals surface area (Å²) in [6, 6.07) is 0. The van der Waals surface area contributed by atoms with Gasteiger partial charge in [0.25, 0.3) is 0 Å². The van der Waals surface area contributed by atoms with Crippen LogP contribution in [0.5, 0.6) is 0 Å². The fourth-order valence-electron chi connectivity index (χ4n) is 2.82. The molecular weight excluding hydrogens is 220 g/mol. The predicted molar refractivity (Wildman–Crippen MR) is 72.3 cm³/mol. The Morgan fingerprint density at radius 3 is 2.31 bits per heavy atom. The van der Waals surface area contributed by atoms with Crippen molar-refractivity contribution in [1.29, 1.82) is 0 Å². The van der Waals surface area contributed by atoms with E-state index in [-0.39, 0.29) is 12.4 Å². The minimum Gasteiger partial charge on any atom is -0.317 e. The van der Waals surface area contributed by atoms with Crippen LogP contribution in [0.25, 0.3) is 0 Å². The van der Waals surface area contributed by atoms with Gasteiger partial charge in [-0.05, 0) is 76.7 Å². The lowest BCUT2D eigenvalue weighted by Gasteiger charge is -2.32. The molecule has 0 amide bonds. The van der Waals surface area contributed by atoms with Crippen molar-refractivity contribution in [2.75, 3.05) is 32.7 Å². The molecule has 2 heterocycles. The first-order chi connectivity index (χ1) is 7.34. The zero-order valence-electron chi connectivity index (χ0n) is 10.6. The highest BCUT2D eigenvalue weighted by atomic mass is 35.5. The van der Waals surface area contributed by atoms with E-state index in [9.17, 15) is 0 Å². The van der Waals surface area contributed by atoms with E-state index in [1.165, 1.54) is 64.8 Å². The van der Waals surface area contributed by atoms with Crippen LogP contribution in [-0.4, -0.2) is 37.6 Å². The molecule has 3 heteroatoms. The predicted octanol–water partition coefficient (Wildman–Crippen LogP) is 2.53. The standard InChI is InChI=1S/C13H26N2.ClH/c1-12-4-9-15(10-5-12)11-6-13-2-7-14-8-3-13;/h12-14H,2-11H2,1H3;1H. The maximum atomic E-state index is 3.44. The second kappa shape index (κ2) is 7.52. The van der Waals surface area contributed by atoms with Crippen LogP contribution in [0, 0.1) is 11.8 Å². The van der Waals surface area contributed by atoms with Crippen LogP contribution >= 0.6 is 12.4 Å². The van der Waals surface area contributed by atoms with Crippen LogP contribution in [0.1, 0.15) is 39.0 Å². The first-order valence-electron chi connectivity index (χ1n) is 6.77. The number of nitrogens with one attached hydrogen (secondary N) is 1. The van der Waals surface area contributed by atoms with Gasteiger partial charge in [0.2, 0.25) is 0 Å². The lowest BCUT2D eigenvalue weighted by molar-refractivity contribution is 0.175. The number of rotatable bonds is 3. The van der Waals surface area contributed by atoms with Gasteiger partial charge in [0.1, 0.15) is 0 Å². The van der Waals surface area contributed by atoms with Crippen LogP contribution in [0.4, 0.5) is 0 Å². The van der Waals surface area contributed by atoms with E-state index in [0.29, 0.717) is 0 Å². The van der Waals surface area contributed by atoms with Gasteiger partial charge in [-0.2, -0.15) is 0 Å². The Morgan fingerprint density at radius 2 is 1.69 bits per heavy atom. The van der Waals surface area contributed by atoms with Crippen LogP contribution in [0.15, 0.2) is 0 Å². The first kappa shape index (κ1) is 14.3. The number of likely N-dealkylation sites (tertiary alicyclic amines) is 1. The van der Waals surface area contributed by atoms with Crippen molar-refractivity contribution in [1.82, 2.24) is 10.2 Å². The molecule has 0 aromatic rings. The van der Waals surface area contributed by atoms with Crippen molar-refractivity contribution in [3.8, 4) is 0 Å². The summed E-state index contributed by atoms with van der Waals surface area (Å²) in [4.78, 5) is 2.68. The summed E-state index contributed by atoms with van der Waals surface area (Å²) < 4.78 is 0. The molecule has 2 nitrogen and oxygen atoms in total. The summed E-state index contributed by atoms with van der Waals surface area (Å²) in [6.45, 7) is 8.96. The third kappa shape index (κ3) is 4.60. The fraction of sp³-hybridized carbons (Fsp3) is 1.00. The highest BCUT2D eigenvalue weighted by Gasteiger charge is 2.18. The van der Waals surface area contributed by atoms with Gasteiger partial charge in [0.15, 0.2) is 0 Å². The molecule has 0 aliphatic carbocycles. The molecule has 0 radical (unpaired) electrons. The van der Waals surface area contributed by atoms with Gasteiger partial charge < -0.3 is 10.2 Å². The molecule has 0 spiro atoms. The molecule has 0 bridgehead atoms. The summed E-state index contributed by atoms with van der Waals surface area (Å²) in [5.74, 6) is 1.98. The van der Waals surface area contributed by atoms with Gasteiger partial charge in [0.05, 0.1) is 0 Å². The van der Waals surface area contributed by atoms with Gasteiger partial charge in [0, 0.05) is 0 Å². The van der Waals surface area contributed by atoms with E-state index in [2.05, 4.69) is 17.1 Å². The van der Waals surface area contributed by atoms with Crippen molar-refractivity contribution in [2.45, 2.75) is 39.0 Å².